The summed E-state index contributed by atoms with van der Waals surface area (Å²) in [5.74, 6) is 0.376. The second kappa shape index (κ2) is 8.70. The van der Waals surface area contributed by atoms with E-state index >= 15 is 0 Å². The molecule has 2 aromatic rings. The maximum atomic E-state index is 11.9. The molecule has 1 amide bonds. The highest BCUT2D eigenvalue weighted by Gasteiger charge is 2.09. The van der Waals surface area contributed by atoms with Crippen LogP contribution in [0.2, 0.25) is 0 Å². The van der Waals surface area contributed by atoms with Gasteiger partial charge in [0.05, 0.1) is 0 Å². The van der Waals surface area contributed by atoms with Crippen molar-refractivity contribution in [2.24, 2.45) is 0 Å². The maximum Gasteiger partial charge on any atom is 0.262 e. The number of nitrogens with one attached hydrogen (secondary N) is 1. The number of benzene rings is 2. The Kier molecular flexibility index (Phi) is 6.36. The number of nitriles is 1. The number of carbonyl (C=O) groups excluding carboxylic acids is 1. The number of hydrogen-bond donors (Lipinski definition) is 1. The Morgan fingerprint density at radius 1 is 1.24 bits per heavy atom. The van der Waals surface area contributed by atoms with E-state index in [-0.39, 0.29) is 17.5 Å². The number of hydrogen-bond acceptors (Lipinski definition) is 3. The molecular weight excluding hydrogens is 312 g/mol. The van der Waals surface area contributed by atoms with Crippen LogP contribution in [0.1, 0.15) is 30.5 Å². The molecule has 4 nitrogen and oxygen atoms in total. The quantitative estimate of drug-likeness (QED) is 0.641. The smallest absolute Gasteiger partial charge is 0.262 e. The van der Waals surface area contributed by atoms with Crippen molar-refractivity contribution in [3.05, 3.63) is 70.8 Å². The van der Waals surface area contributed by atoms with Crippen molar-refractivity contribution in [1.82, 2.24) is 5.32 Å². The highest BCUT2D eigenvalue weighted by Crippen LogP contribution is 2.16. The Bertz CT molecular complexity index is 799. The van der Waals surface area contributed by atoms with Gasteiger partial charge in [-0.2, -0.15) is 5.26 Å². The summed E-state index contributed by atoms with van der Waals surface area (Å²) >= 11 is 0. The fourth-order valence-corrected chi connectivity index (χ4v) is 2.28. The third kappa shape index (κ3) is 5.82. The topological polar surface area (TPSA) is 62.1 Å². The van der Waals surface area contributed by atoms with Crippen molar-refractivity contribution in [1.29, 1.82) is 5.26 Å². The van der Waals surface area contributed by atoms with Crippen LogP contribution in [0.5, 0.6) is 5.75 Å². The number of amides is 1. The monoisotopic (exact) mass is 334 g/mol. The van der Waals surface area contributed by atoms with Crippen LogP contribution < -0.4 is 10.1 Å². The zero-order valence-corrected chi connectivity index (χ0v) is 14.7. The van der Waals surface area contributed by atoms with Crippen molar-refractivity contribution in [2.75, 3.05) is 0 Å². The summed E-state index contributed by atoms with van der Waals surface area (Å²) in [6, 6.07) is 17.4. The van der Waals surface area contributed by atoms with Crippen LogP contribution >= 0.6 is 0 Å². The number of carbonyl (C=O) groups is 1. The van der Waals surface area contributed by atoms with Crippen LogP contribution in [-0.2, 0) is 11.4 Å². The Labute approximate surface area is 148 Å². The summed E-state index contributed by atoms with van der Waals surface area (Å²) < 4.78 is 5.77. The lowest BCUT2D eigenvalue weighted by molar-refractivity contribution is -0.117. The molecule has 0 aliphatic carbocycles. The lowest BCUT2D eigenvalue weighted by atomic mass is 10.1. The second-order valence-corrected chi connectivity index (χ2v) is 6.14. The first-order valence-electron chi connectivity index (χ1n) is 8.19. The highest BCUT2D eigenvalue weighted by atomic mass is 16.5. The van der Waals surface area contributed by atoms with Gasteiger partial charge in [0.15, 0.2) is 0 Å². The van der Waals surface area contributed by atoms with Crippen LogP contribution in [0, 0.1) is 18.3 Å². The molecule has 0 fully saturated rings. The fraction of sp³-hybridized carbons (Fsp3) is 0.238. The van der Waals surface area contributed by atoms with Crippen molar-refractivity contribution >= 4 is 12.0 Å². The van der Waals surface area contributed by atoms with E-state index in [9.17, 15) is 4.79 Å². The van der Waals surface area contributed by atoms with Gasteiger partial charge in [0.25, 0.3) is 5.91 Å². The summed E-state index contributed by atoms with van der Waals surface area (Å²) in [5, 5.41) is 11.9. The maximum absolute atomic E-state index is 11.9. The standard InChI is InChI=1S/C21H22N2O2/c1-15(2)23-21(24)19(13-22)12-17-7-9-20(10-8-17)25-14-18-6-4-5-16(3)11-18/h4-12,15H,14H2,1-3H3,(H,23,24)/b19-12-. The first-order chi connectivity index (χ1) is 12.0. The predicted molar refractivity (Wildman–Crippen MR) is 98.8 cm³/mol. The number of aryl methyl sites for hydroxylation is 1. The van der Waals surface area contributed by atoms with Crippen LogP contribution in [0.25, 0.3) is 6.08 Å². The van der Waals surface area contributed by atoms with Gasteiger partial charge in [0, 0.05) is 6.04 Å². The van der Waals surface area contributed by atoms with Gasteiger partial charge < -0.3 is 10.1 Å². The van der Waals surface area contributed by atoms with Gasteiger partial charge in [-0.15, -0.1) is 0 Å². The van der Waals surface area contributed by atoms with Gasteiger partial charge in [0.1, 0.15) is 24.0 Å². The lowest BCUT2D eigenvalue weighted by Gasteiger charge is -2.08. The zero-order valence-electron chi connectivity index (χ0n) is 14.7. The largest absolute Gasteiger partial charge is 0.489 e. The molecule has 0 saturated heterocycles. The summed E-state index contributed by atoms with van der Waals surface area (Å²) in [6.45, 7) is 6.25. The fourth-order valence-electron chi connectivity index (χ4n) is 2.28. The van der Waals surface area contributed by atoms with Gasteiger partial charge in [-0.25, -0.2) is 0 Å². The van der Waals surface area contributed by atoms with E-state index in [4.69, 9.17) is 10.00 Å². The summed E-state index contributed by atoms with van der Waals surface area (Å²) in [6.07, 6.45) is 1.57. The molecule has 0 bridgehead atoms. The number of ether oxygens (including phenoxy) is 1. The molecule has 128 valence electrons. The van der Waals surface area contributed by atoms with Gasteiger partial charge in [-0.3, -0.25) is 4.79 Å². The molecule has 0 heterocycles. The molecule has 0 unspecified atom stereocenters. The minimum Gasteiger partial charge on any atom is -0.489 e. The van der Waals surface area contributed by atoms with E-state index in [0.717, 1.165) is 16.9 Å². The minimum atomic E-state index is -0.364. The third-order valence-corrected chi connectivity index (χ3v) is 3.46. The van der Waals surface area contributed by atoms with Crippen molar-refractivity contribution in [3.63, 3.8) is 0 Å². The van der Waals surface area contributed by atoms with Gasteiger partial charge in [-0.1, -0.05) is 42.0 Å². The summed E-state index contributed by atoms with van der Waals surface area (Å²) in [4.78, 5) is 11.9. The van der Waals surface area contributed by atoms with E-state index in [0.29, 0.717) is 6.61 Å². The summed E-state index contributed by atoms with van der Waals surface area (Å²) in [7, 11) is 0. The lowest BCUT2D eigenvalue weighted by Crippen LogP contribution is -2.30. The third-order valence-electron chi connectivity index (χ3n) is 3.46. The Hall–Kier alpha value is -3.06. The number of nitrogens with zero attached hydrogens (tertiary/aromatic N) is 1. The molecule has 4 heteroatoms. The first kappa shape index (κ1) is 18.3. The molecule has 2 rings (SSSR count). The van der Waals surface area contributed by atoms with E-state index in [1.165, 1.54) is 5.56 Å². The van der Waals surface area contributed by atoms with Crippen molar-refractivity contribution in [3.8, 4) is 11.8 Å². The number of rotatable bonds is 6. The van der Waals surface area contributed by atoms with Gasteiger partial charge in [-0.05, 0) is 50.1 Å². The Morgan fingerprint density at radius 3 is 2.56 bits per heavy atom. The van der Waals surface area contributed by atoms with Crippen molar-refractivity contribution in [2.45, 2.75) is 33.4 Å². The van der Waals surface area contributed by atoms with Crippen LogP contribution in [-0.4, -0.2) is 11.9 Å². The van der Waals surface area contributed by atoms with Gasteiger partial charge >= 0.3 is 0 Å². The highest BCUT2D eigenvalue weighted by molar-refractivity contribution is 6.01. The van der Waals surface area contributed by atoms with Gasteiger partial charge in [0.2, 0.25) is 0 Å². The average Bonchev–Trinajstić information content (AvgIpc) is 2.58. The van der Waals surface area contributed by atoms with Crippen LogP contribution in [0.4, 0.5) is 0 Å². The van der Waals surface area contributed by atoms with Crippen molar-refractivity contribution < 1.29 is 9.53 Å². The molecule has 0 aromatic heterocycles. The normalized spacial score (nSPS) is 11.1. The SMILES string of the molecule is Cc1cccc(COc2ccc(/C=C(/C#N)C(=O)NC(C)C)cc2)c1. The molecular formula is C21H22N2O2. The minimum absolute atomic E-state index is 0.0124. The van der Waals surface area contributed by atoms with E-state index < -0.39 is 0 Å². The summed E-state index contributed by atoms with van der Waals surface area (Å²) in [5.41, 5.74) is 3.17. The molecule has 2 aromatic carbocycles. The Morgan fingerprint density at radius 2 is 1.96 bits per heavy atom. The molecule has 0 radical (unpaired) electrons. The average molecular weight is 334 g/mol. The molecule has 0 aliphatic rings. The van der Waals surface area contributed by atoms with E-state index in [1.807, 2.05) is 69.3 Å². The van der Waals surface area contributed by atoms with Crippen LogP contribution in [0.3, 0.4) is 0 Å². The first-order valence-corrected chi connectivity index (χ1v) is 8.19. The molecule has 0 atom stereocenters. The molecule has 0 aliphatic heterocycles. The Balaban J connectivity index is 2.02. The zero-order chi connectivity index (χ0) is 18.2. The molecule has 0 saturated carbocycles. The molecule has 25 heavy (non-hydrogen) atoms. The van der Waals surface area contributed by atoms with Crippen LogP contribution in [0.15, 0.2) is 54.1 Å². The predicted octanol–water partition coefficient (Wildman–Crippen LogP) is 4.01. The van der Waals surface area contributed by atoms with E-state index in [2.05, 4.69) is 11.4 Å². The molecule has 1 N–H and O–H groups in total. The molecule has 0 spiro atoms. The second-order valence-electron chi connectivity index (χ2n) is 6.14. The van der Waals surface area contributed by atoms with E-state index in [1.54, 1.807) is 6.08 Å².